The molecule has 2 amide bonds. The highest BCUT2D eigenvalue weighted by atomic mass is 32.1. The van der Waals surface area contributed by atoms with Crippen molar-refractivity contribution in [2.75, 3.05) is 31.6 Å². The van der Waals surface area contributed by atoms with Crippen LogP contribution in [0.15, 0.2) is 45.5 Å². The van der Waals surface area contributed by atoms with Crippen molar-refractivity contribution < 1.29 is 18.7 Å². The molecule has 1 saturated heterocycles. The van der Waals surface area contributed by atoms with Gasteiger partial charge in [0.05, 0.1) is 13.2 Å². The third-order valence-corrected chi connectivity index (χ3v) is 5.18. The number of morpholine rings is 1. The molecule has 0 atom stereocenters. The number of hydrogen-bond donors (Lipinski definition) is 1. The molecule has 8 nitrogen and oxygen atoms in total. The summed E-state index contributed by atoms with van der Waals surface area (Å²) in [6, 6.07) is 8.86. The SMILES string of the molecule is O=C(CCc1nnc(-c2ccsc2)o1)Nc1cccc(C(=O)N2CCOCC2)c1. The molecule has 1 aliphatic rings. The first-order chi connectivity index (χ1) is 14.2. The molecule has 4 rings (SSSR count). The fourth-order valence-electron chi connectivity index (χ4n) is 2.98. The number of thiophene rings is 1. The minimum Gasteiger partial charge on any atom is -0.421 e. The molecule has 2 aromatic heterocycles. The van der Waals surface area contributed by atoms with Crippen LogP contribution in [0.4, 0.5) is 5.69 Å². The van der Waals surface area contributed by atoms with Crippen molar-refractivity contribution in [1.82, 2.24) is 15.1 Å². The van der Waals surface area contributed by atoms with Crippen LogP contribution in [0.2, 0.25) is 0 Å². The quantitative estimate of drug-likeness (QED) is 0.669. The molecule has 0 unspecified atom stereocenters. The van der Waals surface area contributed by atoms with Gasteiger partial charge in [0.15, 0.2) is 0 Å². The van der Waals surface area contributed by atoms with Gasteiger partial charge in [0, 0.05) is 48.1 Å². The Balaban J connectivity index is 1.32. The number of amides is 2. The maximum absolute atomic E-state index is 12.6. The van der Waals surface area contributed by atoms with Gasteiger partial charge in [0.25, 0.3) is 5.91 Å². The number of aromatic nitrogens is 2. The molecule has 0 radical (unpaired) electrons. The molecule has 1 N–H and O–H groups in total. The van der Waals surface area contributed by atoms with Crippen molar-refractivity contribution in [2.45, 2.75) is 12.8 Å². The number of anilines is 1. The largest absolute Gasteiger partial charge is 0.421 e. The van der Waals surface area contributed by atoms with Gasteiger partial charge in [0.1, 0.15) is 0 Å². The first-order valence-electron chi connectivity index (χ1n) is 9.31. The van der Waals surface area contributed by atoms with Gasteiger partial charge in [-0.25, -0.2) is 0 Å². The molecule has 1 fully saturated rings. The third-order valence-electron chi connectivity index (χ3n) is 4.49. The van der Waals surface area contributed by atoms with Gasteiger partial charge in [-0.15, -0.1) is 10.2 Å². The van der Waals surface area contributed by atoms with E-state index >= 15 is 0 Å². The molecule has 3 heterocycles. The molecule has 0 aliphatic carbocycles. The fourth-order valence-corrected chi connectivity index (χ4v) is 3.61. The summed E-state index contributed by atoms with van der Waals surface area (Å²) in [5.74, 6) is 0.626. The van der Waals surface area contributed by atoms with Crippen LogP contribution >= 0.6 is 11.3 Å². The van der Waals surface area contributed by atoms with Gasteiger partial charge in [-0.05, 0) is 29.6 Å². The zero-order chi connectivity index (χ0) is 20.1. The Kier molecular flexibility index (Phi) is 5.97. The summed E-state index contributed by atoms with van der Waals surface area (Å²) in [5.41, 5.74) is 2.00. The number of hydrogen-bond acceptors (Lipinski definition) is 7. The monoisotopic (exact) mass is 412 g/mol. The number of benzene rings is 1. The second-order valence-corrected chi connectivity index (χ2v) is 7.33. The molecule has 1 aliphatic heterocycles. The number of carbonyl (C=O) groups excluding carboxylic acids is 2. The smallest absolute Gasteiger partial charge is 0.254 e. The van der Waals surface area contributed by atoms with Crippen LogP contribution in [-0.4, -0.2) is 53.2 Å². The molecule has 1 aromatic carbocycles. The Morgan fingerprint density at radius 2 is 2.03 bits per heavy atom. The Hall–Kier alpha value is -3.04. The lowest BCUT2D eigenvalue weighted by atomic mass is 10.1. The standard InChI is InChI=1S/C20H20N4O4S/c25-17(4-5-18-22-23-19(28-18)15-6-11-29-13-15)21-16-3-1-2-14(12-16)20(26)24-7-9-27-10-8-24/h1-3,6,11-13H,4-5,7-10H2,(H,21,25). The number of carbonyl (C=O) groups is 2. The van der Waals surface area contributed by atoms with Gasteiger partial charge in [0.2, 0.25) is 17.7 Å². The van der Waals surface area contributed by atoms with Gasteiger partial charge in [-0.2, -0.15) is 11.3 Å². The first kappa shape index (κ1) is 19.3. The summed E-state index contributed by atoms with van der Waals surface area (Å²) in [6.45, 7) is 2.25. The molecular formula is C20H20N4O4S. The zero-order valence-electron chi connectivity index (χ0n) is 15.7. The average molecular weight is 412 g/mol. The molecule has 0 bridgehead atoms. The van der Waals surface area contributed by atoms with Gasteiger partial charge >= 0.3 is 0 Å². The highest BCUT2D eigenvalue weighted by molar-refractivity contribution is 7.08. The third kappa shape index (κ3) is 4.87. The van der Waals surface area contributed by atoms with E-state index in [0.717, 1.165) is 5.56 Å². The van der Waals surface area contributed by atoms with Crippen LogP contribution in [0.1, 0.15) is 22.7 Å². The maximum Gasteiger partial charge on any atom is 0.254 e. The highest BCUT2D eigenvalue weighted by Gasteiger charge is 2.19. The molecule has 9 heteroatoms. The lowest BCUT2D eigenvalue weighted by Gasteiger charge is -2.27. The van der Waals surface area contributed by atoms with E-state index in [-0.39, 0.29) is 18.2 Å². The molecule has 3 aromatic rings. The van der Waals surface area contributed by atoms with Gasteiger partial charge in [-0.3, -0.25) is 9.59 Å². The normalized spacial score (nSPS) is 14.0. The van der Waals surface area contributed by atoms with Crippen molar-refractivity contribution in [3.63, 3.8) is 0 Å². The van der Waals surface area contributed by atoms with E-state index in [1.807, 2.05) is 16.8 Å². The van der Waals surface area contributed by atoms with Crippen molar-refractivity contribution in [3.8, 4) is 11.5 Å². The van der Waals surface area contributed by atoms with E-state index in [2.05, 4.69) is 15.5 Å². The first-order valence-corrected chi connectivity index (χ1v) is 10.3. The van der Waals surface area contributed by atoms with Crippen molar-refractivity contribution in [2.24, 2.45) is 0 Å². The summed E-state index contributed by atoms with van der Waals surface area (Å²) < 4.78 is 10.9. The predicted octanol–water partition coefficient (Wildman–Crippen LogP) is 2.84. The summed E-state index contributed by atoms with van der Waals surface area (Å²) in [6.07, 6.45) is 0.544. The van der Waals surface area contributed by atoms with Crippen LogP contribution in [0.5, 0.6) is 0 Å². The summed E-state index contributed by atoms with van der Waals surface area (Å²) in [7, 11) is 0. The average Bonchev–Trinajstić information content (AvgIpc) is 3.44. The lowest BCUT2D eigenvalue weighted by molar-refractivity contribution is -0.116. The molecule has 0 saturated carbocycles. The van der Waals surface area contributed by atoms with E-state index in [0.29, 0.717) is 55.8 Å². The minimum absolute atomic E-state index is 0.0591. The van der Waals surface area contributed by atoms with Crippen LogP contribution < -0.4 is 5.32 Å². The summed E-state index contributed by atoms with van der Waals surface area (Å²) >= 11 is 1.55. The number of rotatable bonds is 6. The molecule has 0 spiro atoms. The second kappa shape index (κ2) is 8.97. The lowest BCUT2D eigenvalue weighted by Crippen LogP contribution is -2.40. The Morgan fingerprint density at radius 3 is 2.83 bits per heavy atom. The summed E-state index contributed by atoms with van der Waals surface area (Å²) in [5, 5.41) is 14.7. The van der Waals surface area contributed by atoms with Gasteiger partial charge in [-0.1, -0.05) is 6.07 Å². The minimum atomic E-state index is -0.184. The Bertz CT molecular complexity index is 980. The Morgan fingerprint density at radius 1 is 1.17 bits per heavy atom. The second-order valence-electron chi connectivity index (χ2n) is 6.55. The summed E-state index contributed by atoms with van der Waals surface area (Å²) in [4.78, 5) is 26.6. The van der Waals surface area contributed by atoms with E-state index in [1.165, 1.54) is 0 Å². The molecular weight excluding hydrogens is 392 g/mol. The van der Waals surface area contributed by atoms with Crippen LogP contribution in [0, 0.1) is 0 Å². The van der Waals surface area contributed by atoms with Crippen molar-refractivity contribution in [1.29, 1.82) is 0 Å². The molecule has 150 valence electrons. The van der Waals surface area contributed by atoms with Crippen molar-refractivity contribution in [3.05, 3.63) is 52.5 Å². The number of aryl methyl sites for hydroxylation is 1. The zero-order valence-corrected chi connectivity index (χ0v) is 16.5. The van der Waals surface area contributed by atoms with Crippen LogP contribution in [0.3, 0.4) is 0 Å². The number of nitrogens with zero attached hydrogens (tertiary/aromatic N) is 3. The highest BCUT2D eigenvalue weighted by Crippen LogP contribution is 2.21. The van der Waals surface area contributed by atoms with Crippen LogP contribution in [0.25, 0.3) is 11.5 Å². The number of nitrogens with one attached hydrogen (secondary N) is 1. The maximum atomic E-state index is 12.6. The van der Waals surface area contributed by atoms with E-state index in [4.69, 9.17) is 9.15 Å². The fraction of sp³-hybridized carbons (Fsp3) is 0.300. The molecule has 29 heavy (non-hydrogen) atoms. The van der Waals surface area contributed by atoms with Gasteiger partial charge < -0.3 is 19.4 Å². The van der Waals surface area contributed by atoms with Crippen LogP contribution in [-0.2, 0) is 16.0 Å². The van der Waals surface area contributed by atoms with E-state index in [9.17, 15) is 9.59 Å². The van der Waals surface area contributed by atoms with E-state index < -0.39 is 0 Å². The topological polar surface area (TPSA) is 97.6 Å². The predicted molar refractivity (Wildman–Crippen MR) is 108 cm³/mol. The van der Waals surface area contributed by atoms with Crippen molar-refractivity contribution >= 4 is 28.8 Å². The van der Waals surface area contributed by atoms with E-state index in [1.54, 1.807) is 40.5 Å². The number of ether oxygens (including phenoxy) is 1. The Labute approximate surface area is 171 Å².